The van der Waals surface area contributed by atoms with E-state index in [1.54, 1.807) is 6.07 Å². The van der Waals surface area contributed by atoms with Crippen molar-refractivity contribution in [2.75, 3.05) is 0 Å². The molecule has 2 rings (SSSR count). The number of benzene rings is 1. The van der Waals surface area contributed by atoms with Gasteiger partial charge in [0, 0.05) is 9.30 Å². The molecule has 0 amide bonds. The van der Waals surface area contributed by atoms with E-state index >= 15 is 0 Å². The second kappa shape index (κ2) is 3.35. The monoisotopic (exact) mass is 306 g/mol. The highest BCUT2D eigenvalue weighted by molar-refractivity contribution is 9.11. The van der Waals surface area contributed by atoms with Gasteiger partial charge in [-0.2, -0.15) is 0 Å². The molecule has 2 atom stereocenters. The van der Waals surface area contributed by atoms with Gasteiger partial charge in [-0.3, -0.25) is 0 Å². The highest BCUT2D eigenvalue weighted by Crippen LogP contribution is 2.46. The Morgan fingerprint density at radius 1 is 1.46 bits per heavy atom. The first-order valence-corrected chi connectivity index (χ1v) is 5.93. The predicted octanol–water partition coefficient (Wildman–Crippen LogP) is 4.22. The lowest BCUT2D eigenvalue weighted by Crippen LogP contribution is -1.94. The number of fused-ring (bicyclic) bond motifs is 1. The fourth-order valence-corrected chi connectivity index (χ4v) is 3.46. The second-order valence-corrected chi connectivity index (χ2v) is 5.35. The summed E-state index contributed by atoms with van der Waals surface area (Å²) in [6, 6.07) is 3.31. The van der Waals surface area contributed by atoms with Crippen LogP contribution >= 0.6 is 31.9 Å². The Hall–Kier alpha value is 0.110. The van der Waals surface area contributed by atoms with Crippen LogP contribution in [-0.2, 0) is 6.42 Å². The third kappa shape index (κ3) is 1.46. The molecule has 2 unspecified atom stereocenters. The molecule has 0 bridgehead atoms. The molecule has 1 aromatic carbocycles. The van der Waals surface area contributed by atoms with Crippen LogP contribution in [0.2, 0.25) is 0 Å². The van der Waals surface area contributed by atoms with Crippen LogP contribution in [0.5, 0.6) is 0 Å². The molecule has 1 aliphatic carbocycles. The zero-order valence-electron chi connectivity index (χ0n) is 7.15. The summed E-state index contributed by atoms with van der Waals surface area (Å²) in [6.07, 6.45) is 0.830. The van der Waals surface area contributed by atoms with Gasteiger partial charge in [-0.15, -0.1) is 0 Å². The minimum Gasteiger partial charge on any atom is -0.207 e. The quantitative estimate of drug-likeness (QED) is 0.630. The van der Waals surface area contributed by atoms with Crippen LogP contribution in [-0.4, -0.2) is 0 Å². The van der Waals surface area contributed by atoms with Crippen LogP contribution in [0.3, 0.4) is 0 Å². The lowest BCUT2D eigenvalue weighted by atomic mass is 10.1. The van der Waals surface area contributed by atoms with Crippen LogP contribution in [0.15, 0.2) is 16.6 Å². The SMILES string of the molecule is CC1Cc2c(F)ccc(Br)c2C1Br. The summed E-state index contributed by atoms with van der Waals surface area (Å²) in [5.41, 5.74) is 1.95. The fraction of sp³-hybridized carbons (Fsp3) is 0.400. The highest BCUT2D eigenvalue weighted by Gasteiger charge is 2.31. The first kappa shape index (κ1) is 9.66. The zero-order valence-corrected chi connectivity index (χ0v) is 10.3. The molecule has 3 heteroatoms. The molecule has 0 spiro atoms. The number of halogens is 3. The van der Waals surface area contributed by atoms with Crippen molar-refractivity contribution < 1.29 is 4.39 Å². The van der Waals surface area contributed by atoms with E-state index in [0.29, 0.717) is 5.92 Å². The van der Waals surface area contributed by atoms with E-state index in [2.05, 4.69) is 38.8 Å². The van der Waals surface area contributed by atoms with Gasteiger partial charge in [0.05, 0.1) is 0 Å². The third-order valence-electron chi connectivity index (χ3n) is 2.55. The molecule has 0 nitrogen and oxygen atoms in total. The molecule has 1 aliphatic rings. The Kier molecular flexibility index (Phi) is 2.49. The maximum absolute atomic E-state index is 13.4. The van der Waals surface area contributed by atoms with E-state index in [1.807, 2.05) is 0 Å². The van der Waals surface area contributed by atoms with E-state index in [1.165, 1.54) is 6.07 Å². The molecule has 0 N–H and O–H groups in total. The van der Waals surface area contributed by atoms with E-state index in [9.17, 15) is 4.39 Å². The molecule has 0 aliphatic heterocycles. The molecule has 13 heavy (non-hydrogen) atoms. The summed E-state index contributed by atoms with van der Waals surface area (Å²) >= 11 is 7.04. The Balaban J connectivity index is 2.61. The smallest absolute Gasteiger partial charge is 0.126 e. The average Bonchev–Trinajstić information content (AvgIpc) is 2.38. The first-order valence-electron chi connectivity index (χ1n) is 4.22. The molecule has 70 valence electrons. The summed E-state index contributed by atoms with van der Waals surface area (Å²) in [7, 11) is 0. The van der Waals surface area contributed by atoms with Crippen LogP contribution in [0.1, 0.15) is 22.9 Å². The van der Waals surface area contributed by atoms with E-state index in [0.717, 1.165) is 22.0 Å². The molecule has 0 aromatic heterocycles. The number of rotatable bonds is 0. The summed E-state index contributed by atoms with van der Waals surface area (Å²) in [4.78, 5) is 0.285. The first-order chi connectivity index (χ1) is 6.11. The molecule has 0 heterocycles. The van der Waals surface area contributed by atoms with Crippen molar-refractivity contribution in [3.63, 3.8) is 0 Å². The van der Waals surface area contributed by atoms with Crippen molar-refractivity contribution in [1.82, 2.24) is 0 Å². The largest absolute Gasteiger partial charge is 0.207 e. The van der Waals surface area contributed by atoms with Crippen LogP contribution in [0.4, 0.5) is 4.39 Å². The fourth-order valence-electron chi connectivity index (χ4n) is 1.83. The summed E-state index contributed by atoms with van der Waals surface area (Å²) < 4.78 is 14.4. The van der Waals surface area contributed by atoms with Gasteiger partial charge >= 0.3 is 0 Å². The highest BCUT2D eigenvalue weighted by atomic mass is 79.9. The Bertz CT molecular complexity index is 349. The van der Waals surface area contributed by atoms with E-state index < -0.39 is 0 Å². The average molecular weight is 308 g/mol. The number of alkyl halides is 1. The zero-order chi connectivity index (χ0) is 9.59. The Labute approximate surface area is 93.8 Å². The number of hydrogen-bond donors (Lipinski definition) is 0. The van der Waals surface area contributed by atoms with Gasteiger partial charge in [-0.25, -0.2) is 4.39 Å². The molecule has 1 aromatic rings. The van der Waals surface area contributed by atoms with Crippen molar-refractivity contribution in [3.8, 4) is 0 Å². The molecule has 0 radical (unpaired) electrons. The van der Waals surface area contributed by atoms with Gasteiger partial charge in [0.2, 0.25) is 0 Å². The van der Waals surface area contributed by atoms with Crippen LogP contribution < -0.4 is 0 Å². The van der Waals surface area contributed by atoms with Crippen molar-refractivity contribution >= 4 is 31.9 Å². The normalized spacial score (nSPS) is 26.2. The van der Waals surface area contributed by atoms with Crippen molar-refractivity contribution in [2.45, 2.75) is 18.2 Å². The second-order valence-electron chi connectivity index (χ2n) is 3.50. The van der Waals surface area contributed by atoms with Crippen molar-refractivity contribution in [1.29, 1.82) is 0 Å². The molecule has 0 saturated carbocycles. The third-order valence-corrected chi connectivity index (χ3v) is 4.60. The Morgan fingerprint density at radius 2 is 2.15 bits per heavy atom. The van der Waals surface area contributed by atoms with Crippen LogP contribution in [0.25, 0.3) is 0 Å². The summed E-state index contributed by atoms with van der Waals surface area (Å²) in [5.74, 6) is 0.398. The summed E-state index contributed by atoms with van der Waals surface area (Å²) in [6.45, 7) is 2.13. The summed E-state index contributed by atoms with van der Waals surface area (Å²) in [5, 5.41) is 0. The molecule has 0 saturated heterocycles. The van der Waals surface area contributed by atoms with Gasteiger partial charge < -0.3 is 0 Å². The van der Waals surface area contributed by atoms with Crippen LogP contribution in [0, 0.1) is 11.7 Å². The Morgan fingerprint density at radius 3 is 2.77 bits per heavy atom. The molecular formula is C10H9Br2F. The minimum absolute atomic E-state index is 0.0769. The van der Waals surface area contributed by atoms with E-state index in [4.69, 9.17) is 0 Å². The standard InChI is InChI=1S/C10H9Br2F/c1-5-4-6-8(13)3-2-7(11)9(6)10(5)12/h2-3,5,10H,4H2,1H3. The topological polar surface area (TPSA) is 0 Å². The van der Waals surface area contributed by atoms with Crippen molar-refractivity contribution in [2.24, 2.45) is 5.92 Å². The van der Waals surface area contributed by atoms with E-state index in [-0.39, 0.29) is 10.6 Å². The maximum atomic E-state index is 13.4. The van der Waals surface area contributed by atoms with Gasteiger partial charge in [0.15, 0.2) is 0 Å². The van der Waals surface area contributed by atoms with Crippen molar-refractivity contribution in [3.05, 3.63) is 33.5 Å². The molecular weight excluding hydrogens is 299 g/mol. The van der Waals surface area contributed by atoms with Gasteiger partial charge in [0.1, 0.15) is 5.82 Å². The lowest BCUT2D eigenvalue weighted by molar-refractivity contribution is 0.585. The lowest BCUT2D eigenvalue weighted by Gasteiger charge is -2.08. The predicted molar refractivity (Wildman–Crippen MR) is 58.6 cm³/mol. The molecule has 0 fully saturated rings. The van der Waals surface area contributed by atoms with Gasteiger partial charge in [-0.1, -0.05) is 38.8 Å². The van der Waals surface area contributed by atoms with Gasteiger partial charge in [0.25, 0.3) is 0 Å². The van der Waals surface area contributed by atoms with Gasteiger partial charge in [-0.05, 0) is 35.6 Å². The maximum Gasteiger partial charge on any atom is 0.126 e. The minimum atomic E-state index is -0.0769. The number of hydrogen-bond acceptors (Lipinski definition) is 0.